The number of hydrogen-bond acceptors (Lipinski definition) is 3. The summed E-state index contributed by atoms with van der Waals surface area (Å²) in [5.74, 6) is 0.0486. The van der Waals surface area contributed by atoms with Crippen molar-refractivity contribution < 1.29 is 4.79 Å². The Morgan fingerprint density at radius 2 is 1.94 bits per heavy atom. The van der Waals surface area contributed by atoms with E-state index in [1.54, 1.807) is 19.1 Å². The van der Waals surface area contributed by atoms with E-state index in [1.165, 1.54) is 0 Å². The van der Waals surface area contributed by atoms with Gasteiger partial charge in [0.05, 0.1) is 0 Å². The molecular formula is C13H18N2O. The van der Waals surface area contributed by atoms with E-state index in [-0.39, 0.29) is 11.7 Å². The molecule has 0 saturated carbocycles. The highest BCUT2D eigenvalue weighted by atomic mass is 16.1. The molecule has 3 N–H and O–H groups in total. The van der Waals surface area contributed by atoms with Crippen molar-refractivity contribution in [1.29, 1.82) is 5.41 Å². The fourth-order valence-corrected chi connectivity index (χ4v) is 1.58. The van der Waals surface area contributed by atoms with Crippen LogP contribution >= 0.6 is 0 Å². The fourth-order valence-electron chi connectivity index (χ4n) is 1.58. The van der Waals surface area contributed by atoms with E-state index >= 15 is 0 Å². The normalized spacial score (nSPS) is 10.6. The maximum atomic E-state index is 11.9. The Bertz CT molecular complexity index is 447. The second-order valence-electron chi connectivity index (χ2n) is 4.40. The van der Waals surface area contributed by atoms with Gasteiger partial charge in [-0.2, -0.15) is 0 Å². The third-order valence-corrected chi connectivity index (χ3v) is 2.60. The van der Waals surface area contributed by atoms with Crippen LogP contribution in [0.15, 0.2) is 12.1 Å². The summed E-state index contributed by atoms with van der Waals surface area (Å²) in [6, 6.07) is 3.51. The summed E-state index contributed by atoms with van der Waals surface area (Å²) in [7, 11) is 0. The molecule has 1 rings (SSSR count). The van der Waals surface area contributed by atoms with Crippen LogP contribution in [-0.4, -0.2) is 11.5 Å². The van der Waals surface area contributed by atoms with Crippen molar-refractivity contribution in [1.82, 2.24) is 0 Å². The van der Waals surface area contributed by atoms with E-state index in [0.29, 0.717) is 22.5 Å². The van der Waals surface area contributed by atoms with Crippen molar-refractivity contribution in [2.24, 2.45) is 5.92 Å². The number of nitrogens with one attached hydrogen (secondary N) is 1. The van der Waals surface area contributed by atoms with Crippen LogP contribution in [0.2, 0.25) is 0 Å². The molecule has 86 valence electrons. The minimum Gasteiger partial charge on any atom is -0.398 e. The Kier molecular flexibility index (Phi) is 3.48. The minimum atomic E-state index is -0.0399. The topological polar surface area (TPSA) is 66.9 Å². The number of aryl methyl sites for hydroxylation is 1. The molecule has 3 nitrogen and oxygen atoms in total. The molecule has 0 aromatic heterocycles. The molecule has 0 aliphatic heterocycles. The summed E-state index contributed by atoms with van der Waals surface area (Å²) in [5.41, 5.74) is 9.01. The lowest BCUT2D eigenvalue weighted by molar-refractivity contribution is 0.0939. The largest absolute Gasteiger partial charge is 0.398 e. The maximum absolute atomic E-state index is 11.9. The number of rotatable bonds is 3. The zero-order chi connectivity index (χ0) is 12.5. The van der Waals surface area contributed by atoms with Crippen LogP contribution in [-0.2, 0) is 0 Å². The van der Waals surface area contributed by atoms with Gasteiger partial charge in [0.2, 0.25) is 0 Å². The molecule has 1 aromatic rings. The van der Waals surface area contributed by atoms with Crippen molar-refractivity contribution in [3.05, 3.63) is 28.8 Å². The van der Waals surface area contributed by atoms with Crippen molar-refractivity contribution in [2.75, 3.05) is 5.73 Å². The molecule has 0 heterocycles. The van der Waals surface area contributed by atoms with Gasteiger partial charge in [-0.1, -0.05) is 13.8 Å². The SMILES string of the molecule is CC(=N)c1cc(C(=O)C(C)C)cc(C)c1N. The highest BCUT2D eigenvalue weighted by Gasteiger charge is 2.14. The highest BCUT2D eigenvalue weighted by molar-refractivity contribution is 6.05. The molecule has 1 aromatic carbocycles. The third kappa shape index (κ3) is 2.30. The van der Waals surface area contributed by atoms with Crippen LogP contribution in [0.25, 0.3) is 0 Å². The highest BCUT2D eigenvalue weighted by Crippen LogP contribution is 2.21. The molecule has 0 aliphatic rings. The minimum absolute atomic E-state index is 0.0399. The van der Waals surface area contributed by atoms with Crippen LogP contribution in [0.4, 0.5) is 5.69 Å². The third-order valence-electron chi connectivity index (χ3n) is 2.60. The summed E-state index contributed by atoms with van der Waals surface area (Å²) >= 11 is 0. The maximum Gasteiger partial charge on any atom is 0.165 e. The Hall–Kier alpha value is -1.64. The Labute approximate surface area is 96.2 Å². The van der Waals surface area contributed by atoms with Gasteiger partial charge >= 0.3 is 0 Å². The molecule has 0 amide bonds. The van der Waals surface area contributed by atoms with E-state index in [2.05, 4.69) is 0 Å². The van der Waals surface area contributed by atoms with Gasteiger partial charge in [0.15, 0.2) is 5.78 Å². The van der Waals surface area contributed by atoms with E-state index < -0.39 is 0 Å². The Balaban J connectivity index is 3.35. The molecule has 0 atom stereocenters. The molecule has 3 heteroatoms. The zero-order valence-corrected chi connectivity index (χ0v) is 10.2. The molecule has 0 saturated heterocycles. The number of carbonyl (C=O) groups excluding carboxylic acids is 1. The second kappa shape index (κ2) is 4.47. The van der Waals surface area contributed by atoms with Crippen LogP contribution < -0.4 is 5.73 Å². The van der Waals surface area contributed by atoms with Gasteiger partial charge in [0, 0.05) is 28.4 Å². The molecule has 16 heavy (non-hydrogen) atoms. The molecule has 0 unspecified atom stereocenters. The van der Waals surface area contributed by atoms with Crippen molar-refractivity contribution in [3.8, 4) is 0 Å². The summed E-state index contributed by atoms with van der Waals surface area (Å²) in [6.07, 6.45) is 0. The number of Topliss-reactive ketones (excluding diaryl/α,β-unsaturated/α-hetero) is 1. The molecular weight excluding hydrogens is 200 g/mol. The van der Waals surface area contributed by atoms with Crippen molar-refractivity contribution in [3.63, 3.8) is 0 Å². The number of hydrogen-bond donors (Lipinski definition) is 2. The lowest BCUT2D eigenvalue weighted by Gasteiger charge is -2.11. The number of carbonyl (C=O) groups is 1. The second-order valence-corrected chi connectivity index (χ2v) is 4.40. The van der Waals surface area contributed by atoms with Gasteiger partial charge < -0.3 is 11.1 Å². The van der Waals surface area contributed by atoms with Gasteiger partial charge in [0.25, 0.3) is 0 Å². The monoisotopic (exact) mass is 218 g/mol. The number of benzene rings is 1. The molecule has 0 radical (unpaired) electrons. The van der Waals surface area contributed by atoms with E-state index in [9.17, 15) is 4.79 Å². The number of nitrogens with two attached hydrogens (primary N) is 1. The first-order chi connectivity index (χ1) is 7.34. The predicted molar refractivity (Wildman–Crippen MR) is 67.3 cm³/mol. The summed E-state index contributed by atoms with van der Waals surface area (Å²) in [4.78, 5) is 11.9. The molecule has 0 bridgehead atoms. The van der Waals surface area contributed by atoms with Crippen LogP contribution in [0, 0.1) is 18.3 Å². The lowest BCUT2D eigenvalue weighted by Crippen LogP contribution is -2.11. The fraction of sp³-hybridized carbons (Fsp3) is 0.385. The summed E-state index contributed by atoms with van der Waals surface area (Å²) in [6.45, 7) is 7.27. The average molecular weight is 218 g/mol. The Morgan fingerprint density at radius 3 is 2.38 bits per heavy atom. The summed E-state index contributed by atoms with van der Waals surface area (Å²) in [5, 5.41) is 7.63. The molecule has 0 fully saturated rings. The van der Waals surface area contributed by atoms with Crippen LogP contribution in [0.3, 0.4) is 0 Å². The van der Waals surface area contributed by atoms with Gasteiger partial charge in [-0.25, -0.2) is 0 Å². The van der Waals surface area contributed by atoms with Crippen LogP contribution in [0.5, 0.6) is 0 Å². The quantitative estimate of drug-likeness (QED) is 0.465. The molecule has 0 aliphatic carbocycles. The number of nitrogen functional groups attached to an aromatic ring is 1. The van der Waals surface area contributed by atoms with E-state index in [4.69, 9.17) is 11.1 Å². The van der Waals surface area contributed by atoms with E-state index in [0.717, 1.165) is 5.56 Å². The smallest absolute Gasteiger partial charge is 0.165 e. The lowest BCUT2D eigenvalue weighted by atomic mass is 9.94. The number of ketones is 1. The van der Waals surface area contributed by atoms with Crippen LogP contribution in [0.1, 0.15) is 42.3 Å². The van der Waals surface area contributed by atoms with Crippen molar-refractivity contribution >= 4 is 17.2 Å². The average Bonchev–Trinajstić information content (AvgIpc) is 2.20. The first-order valence-electron chi connectivity index (χ1n) is 5.34. The van der Waals surface area contributed by atoms with Gasteiger partial charge in [0.1, 0.15) is 0 Å². The van der Waals surface area contributed by atoms with Gasteiger partial charge in [-0.05, 0) is 31.5 Å². The summed E-state index contributed by atoms with van der Waals surface area (Å²) < 4.78 is 0. The standard InChI is InChI=1S/C13H18N2O/c1-7(2)13(16)10-5-8(3)12(15)11(6-10)9(4)14/h5-7,14H,15H2,1-4H3. The predicted octanol–water partition coefficient (Wildman–Crippen LogP) is 2.80. The first-order valence-corrected chi connectivity index (χ1v) is 5.34. The molecule has 0 spiro atoms. The Morgan fingerprint density at radius 1 is 1.38 bits per heavy atom. The van der Waals surface area contributed by atoms with Crippen molar-refractivity contribution in [2.45, 2.75) is 27.7 Å². The van der Waals surface area contributed by atoms with Gasteiger partial charge in [-0.3, -0.25) is 4.79 Å². The first kappa shape index (κ1) is 12.4. The van der Waals surface area contributed by atoms with Gasteiger partial charge in [-0.15, -0.1) is 0 Å². The van der Waals surface area contributed by atoms with E-state index in [1.807, 2.05) is 20.8 Å². The zero-order valence-electron chi connectivity index (χ0n) is 10.2. The number of anilines is 1.